The number of esters is 1. The normalized spacial score (nSPS) is 12.1. The minimum atomic E-state index is -0.925. The third kappa shape index (κ3) is 2.55. The van der Waals surface area contributed by atoms with E-state index < -0.39 is 5.41 Å². The minimum Gasteiger partial charge on any atom is -0.465 e. The smallest absolute Gasteiger partial charge is 0.320 e. The zero-order chi connectivity index (χ0) is 20.9. The second-order valence-corrected chi connectivity index (χ2v) is 7.92. The summed E-state index contributed by atoms with van der Waals surface area (Å²) in [6.45, 7) is 8.42. The van der Waals surface area contributed by atoms with Crippen LogP contribution in [0.15, 0.2) is 48.5 Å². The predicted molar refractivity (Wildman–Crippen MR) is 118 cm³/mol. The molecule has 2 aromatic carbocycles. The molecule has 2 aromatic heterocycles. The van der Waals surface area contributed by atoms with Crippen molar-refractivity contribution in [1.29, 1.82) is 0 Å². The Hall–Kier alpha value is -3.01. The van der Waals surface area contributed by atoms with Gasteiger partial charge in [-0.25, -0.2) is 0 Å². The quantitative estimate of drug-likeness (QED) is 0.453. The summed E-state index contributed by atoms with van der Waals surface area (Å²) in [5, 5.41) is 2.19. The first-order valence-corrected chi connectivity index (χ1v) is 10.1. The Morgan fingerprint density at radius 2 is 1.28 bits per heavy atom. The molecule has 0 radical (unpaired) electrons. The van der Waals surface area contributed by atoms with Crippen LogP contribution in [-0.2, 0) is 29.0 Å². The maximum atomic E-state index is 13.6. The van der Waals surface area contributed by atoms with E-state index in [-0.39, 0.29) is 5.97 Å². The van der Waals surface area contributed by atoms with Crippen LogP contribution in [0.3, 0.4) is 0 Å². The van der Waals surface area contributed by atoms with Crippen LogP contribution in [0.1, 0.15) is 36.4 Å². The molecule has 0 amide bonds. The van der Waals surface area contributed by atoms with Crippen molar-refractivity contribution in [2.45, 2.75) is 33.1 Å². The van der Waals surface area contributed by atoms with Crippen LogP contribution in [0.2, 0.25) is 0 Å². The van der Waals surface area contributed by atoms with Crippen LogP contribution < -0.4 is 0 Å². The Labute approximate surface area is 171 Å². The molecule has 2 heterocycles. The molecule has 0 aliphatic rings. The molecule has 4 nitrogen and oxygen atoms in total. The lowest BCUT2D eigenvalue weighted by Crippen LogP contribution is -2.37. The number of carbonyl (C=O) groups excluding carboxylic acids is 1. The number of aryl methyl sites for hydroxylation is 2. The number of hydrogen-bond acceptors (Lipinski definition) is 2. The van der Waals surface area contributed by atoms with Gasteiger partial charge in [0, 0.05) is 58.4 Å². The van der Waals surface area contributed by atoms with E-state index in [2.05, 4.69) is 61.3 Å². The average Bonchev–Trinajstić information content (AvgIpc) is 3.13. The van der Waals surface area contributed by atoms with Crippen LogP contribution in [0.4, 0.5) is 0 Å². The van der Waals surface area contributed by atoms with Gasteiger partial charge in [0.15, 0.2) is 0 Å². The molecule has 4 heteroatoms. The SMILES string of the molecule is CCOC(=O)C(C)(c1c(C)n(C)c2ccccc12)c1c(C)n(C)c2ccccc12. The molecular formula is C25H28N2O2. The molecule has 150 valence electrons. The maximum Gasteiger partial charge on any atom is 0.320 e. The van der Waals surface area contributed by atoms with E-state index in [0.29, 0.717) is 6.61 Å². The van der Waals surface area contributed by atoms with Gasteiger partial charge >= 0.3 is 5.97 Å². The summed E-state index contributed by atoms with van der Waals surface area (Å²) in [6.07, 6.45) is 0. The highest BCUT2D eigenvalue weighted by Crippen LogP contribution is 2.45. The average molecular weight is 389 g/mol. The molecule has 0 spiro atoms. The molecular weight excluding hydrogens is 360 g/mol. The van der Waals surface area contributed by atoms with Crippen molar-refractivity contribution in [3.8, 4) is 0 Å². The van der Waals surface area contributed by atoms with E-state index in [0.717, 1.165) is 44.3 Å². The Morgan fingerprint density at radius 1 is 0.862 bits per heavy atom. The van der Waals surface area contributed by atoms with E-state index >= 15 is 0 Å². The standard InChI is InChI=1S/C25H28N2O2/c1-7-29-24(28)25(4,22-16(2)26(5)20-14-10-8-12-18(20)22)23-17(3)27(6)21-15-11-9-13-19(21)23/h8-15H,7H2,1-6H3. The van der Waals surface area contributed by atoms with Gasteiger partial charge in [0.05, 0.1) is 6.61 Å². The third-order valence-corrected chi connectivity index (χ3v) is 6.48. The summed E-state index contributed by atoms with van der Waals surface area (Å²) in [5.41, 5.74) is 5.51. The fourth-order valence-corrected chi connectivity index (χ4v) is 4.91. The van der Waals surface area contributed by atoms with E-state index in [1.807, 2.05) is 38.1 Å². The Morgan fingerprint density at radius 3 is 1.69 bits per heavy atom. The fraction of sp³-hybridized carbons (Fsp3) is 0.320. The molecule has 29 heavy (non-hydrogen) atoms. The van der Waals surface area contributed by atoms with Crippen molar-refractivity contribution in [2.24, 2.45) is 14.1 Å². The number of fused-ring (bicyclic) bond motifs is 2. The minimum absolute atomic E-state index is 0.209. The van der Waals surface area contributed by atoms with Crippen LogP contribution in [0.5, 0.6) is 0 Å². The second kappa shape index (κ2) is 6.80. The fourth-order valence-electron chi connectivity index (χ4n) is 4.91. The lowest BCUT2D eigenvalue weighted by Gasteiger charge is -2.29. The van der Waals surface area contributed by atoms with Gasteiger partial charge in [-0.1, -0.05) is 36.4 Å². The summed E-state index contributed by atoms with van der Waals surface area (Å²) < 4.78 is 10.0. The van der Waals surface area contributed by atoms with Crippen molar-refractivity contribution >= 4 is 27.8 Å². The molecule has 4 aromatic rings. The van der Waals surface area contributed by atoms with Gasteiger partial charge < -0.3 is 13.9 Å². The van der Waals surface area contributed by atoms with Gasteiger partial charge in [-0.15, -0.1) is 0 Å². The molecule has 0 unspecified atom stereocenters. The number of nitrogens with zero attached hydrogens (tertiary/aromatic N) is 2. The number of carbonyl (C=O) groups is 1. The largest absolute Gasteiger partial charge is 0.465 e. The van der Waals surface area contributed by atoms with Crippen LogP contribution in [-0.4, -0.2) is 21.7 Å². The summed E-state index contributed by atoms with van der Waals surface area (Å²) in [6, 6.07) is 16.6. The Kier molecular flexibility index (Phi) is 4.53. The van der Waals surface area contributed by atoms with Gasteiger partial charge in [0.1, 0.15) is 5.41 Å². The van der Waals surface area contributed by atoms with Gasteiger partial charge in [0.2, 0.25) is 0 Å². The van der Waals surface area contributed by atoms with Crippen molar-refractivity contribution < 1.29 is 9.53 Å². The van der Waals surface area contributed by atoms with Crippen molar-refractivity contribution in [1.82, 2.24) is 9.13 Å². The van der Waals surface area contributed by atoms with Crippen LogP contribution >= 0.6 is 0 Å². The molecule has 4 rings (SSSR count). The van der Waals surface area contributed by atoms with Crippen molar-refractivity contribution in [3.05, 3.63) is 71.0 Å². The molecule has 0 saturated carbocycles. The maximum absolute atomic E-state index is 13.6. The Bertz CT molecular complexity index is 1160. The van der Waals surface area contributed by atoms with Gasteiger partial charge in [-0.2, -0.15) is 0 Å². The highest BCUT2D eigenvalue weighted by Gasteiger charge is 2.45. The first-order chi connectivity index (χ1) is 13.8. The number of aromatic nitrogens is 2. The first kappa shape index (κ1) is 19.3. The third-order valence-electron chi connectivity index (χ3n) is 6.48. The molecule has 0 atom stereocenters. The topological polar surface area (TPSA) is 36.2 Å². The first-order valence-electron chi connectivity index (χ1n) is 10.1. The number of ether oxygens (including phenoxy) is 1. The van der Waals surface area contributed by atoms with E-state index in [4.69, 9.17) is 4.74 Å². The van der Waals surface area contributed by atoms with E-state index in [1.54, 1.807) is 0 Å². The molecule has 0 saturated heterocycles. The lowest BCUT2D eigenvalue weighted by atomic mass is 9.73. The lowest BCUT2D eigenvalue weighted by molar-refractivity contribution is -0.147. The number of hydrogen-bond donors (Lipinski definition) is 0. The van der Waals surface area contributed by atoms with Crippen molar-refractivity contribution in [3.63, 3.8) is 0 Å². The zero-order valence-electron chi connectivity index (χ0n) is 18.0. The van der Waals surface area contributed by atoms with Gasteiger partial charge in [-0.3, -0.25) is 4.79 Å². The predicted octanol–water partition coefficient (Wildman–Crippen LogP) is 5.16. The highest BCUT2D eigenvalue weighted by molar-refractivity contribution is 6.01. The summed E-state index contributed by atoms with van der Waals surface area (Å²) >= 11 is 0. The van der Waals surface area contributed by atoms with Gasteiger partial charge in [-0.05, 0) is 39.8 Å². The van der Waals surface area contributed by atoms with Crippen LogP contribution in [0, 0.1) is 13.8 Å². The van der Waals surface area contributed by atoms with Gasteiger partial charge in [0.25, 0.3) is 0 Å². The number of rotatable bonds is 4. The second-order valence-electron chi connectivity index (χ2n) is 7.92. The van der Waals surface area contributed by atoms with Crippen molar-refractivity contribution in [2.75, 3.05) is 6.61 Å². The molecule has 0 aliphatic carbocycles. The molecule has 0 aliphatic heterocycles. The number of benzene rings is 2. The monoisotopic (exact) mass is 388 g/mol. The molecule has 0 bridgehead atoms. The summed E-state index contributed by atoms with van der Waals surface area (Å²) in [7, 11) is 4.12. The van der Waals surface area contributed by atoms with E-state index in [9.17, 15) is 4.79 Å². The Balaban J connectivity index is 2.18. The zero-order valence-corrected chi connectivity index (χ0v) is 18.0. The molecule has 0 N–H and O–H groups in total. The highest BCUT2D eigenvalue weighted by atomic mass is 16.5. The summed E-state index contributed by atoms with van der Waals surface area (Å²) in [4.78, 5) is 13.6. The number of para-hydroxylation sites is 2. The van der Waals surface area contributed by atoms with Crippen LogP contribution in [0.25, 0.3) is 21.8 Å². The van der Waals surface area contributed by atoms with E-state index in [1.165, 1.54) is 0 Å². The summed E-state index contributed by atoms with van der Waals surface area (Å²) in [5.74, 6) is -0.209. The molecule has 0 fully saturated rings.